The van der Waals surface area contributed by atoms with Crippen molar-refractivity contribution in [3.8, 4) is 5.69 Å². The number of aromatic nitrogens is 4. The van der Waals surface area contributed by atoms with E-state index in [1.807, 2.05) is 23.9 Å². The number of nitrogens with zero attached hydrogens (tertiary/aromatic N) is 5. The zero-order chi connectivity index (χ0) is 19.6. The minimum absolute atomic E-state index is 0.671. The minimum Gasteiger partial charge on any atom is -0.357 e. The summed E-state index contributed by atoms with van der Waals surface area (Å²) in [6.07, 6.45) is 6.25. The molecular weight excluding hydrogens is 354 g/mol. The van der Waals surface area contributed by atoms with Crippen LogP contribution in [-0.2, 0) is 12.8 Å². The largest absolute Gasteiger partial charge is 0.357 e. The van der Waals surface area contributed by atoms with Gasteiger partial charge in [0.2, 0.25) is 5.89 Å². The van der Waals surface area contributed by atoms with Gasteiger partial charge in [0, 0.05) is 38.4 Å². The summed E-state index contributed by atoms with van der Waals surface area (Å²) in [5.41, 5.74) is 2.33. The van der Waals surface area contributed by atoms with Crippen LogP contribution < -0.4 is 10.6 Å². The summed E-state index contributed by atoms with van der Waals surface area (Å²) < 4.78 is 6.97. The van der Waals surface area contributed by atoms with Gasteiger partial charge < -0.3 is 15.2 Å². The van der Waals surface area contributed by atoms with Gasteiger partial charge in [0.15, 0.2) is 11.8 Å². The van der Waals surface area contributed by atoms with Gasteiger partial charge in [-0.05, 0) is 50.5 Å². The lowest BCUT2D eigenvalue weighted by Gasteiger charge is -2.11. The molecule has 0 unspecified atom stereocenters. The van der Waals surface area contributed by atoms with Crippen molar-refractivity contribution in [3.63, 3.8) is 0 Å². The molecule has 2 aromatic heterocycles. The summed E-state index contributed by atoms with van der Waals surface area (Å²) in [6.45, 7) is 6.23. The molecule has 0 aliphatic rings. The Balaban J connectivity index is 1.42. The number of nitrogens with one attached hydrogen (secondary N) is 2. The van der Waals surface area contributed by atoms with Crippen molar-refractivity contribution in [2.24, 2.45) is 4.99 Å². The standard InChI is InChI=1S/C20H27N7O/c1-3-21-20(22-12-4-6-19-25-16(2)26-28-19)23-14-11-17-7-9-18(10-8-17)27-15-5-13-24-27/h5,7-10,13,15H,3-4,6,11-12,14H2,1-2H3,(H2,21,22,23). The molecule has 0 saturated heterocycles. The molecule has 0 spiro atoms. The third-order valence-corrected chi connectivity index (χ3v) is 4.14. The van der Waals surface area contributed by atoms with Crippen molar-refractivity contribution in [2.75, 3.05) is 19.6 Å². The first-order chi connectivity index (χ1) is 13.7. The van der Waals surface area contributed by atoms with Gasteiger partial charge in [-0.25, -0.2) is 4.68 Å². The molecule has 0 fully saturated rings. The molecule has 148 valence electrons. The molecule has 8 nitrogen and oxygen atoms in total. The van der Waals surface area contributed by atoms with E-state index in [1.54, 1.807) is 6.20 Å². The van der Waals surface area contributed by atoms with E-state index in [0.29, 0.717) is 18.3 Å². The molecule has 2 N–H and O–H groups in total. The van der Waals surface area contributed by atoms with Gasteiger partial charge in [-0.2, -0.15) is 10.1 Å². The first-order valence-electron chi connectivity index (χ1n) is 9.65. The number of benzene rings is 1. The minimum atomic E-state index is 0.671. The molecule has 0 atom stereocenters. The van der Waals surface area contributed by atoms with E-state index in [4.69, 9.17) is 4.52 Å². The molecule has 0 aliphatic carbocycles. The molecule has 3 aromatic rings. The SMILES string of the molecule is CCNC(=NCCCc1nc(C)no1)NCCc1ccc(-n2cccn2)cc1. The molecule has 8 heteroatoms. The zero-order valence-electron chi connectivity index (χ0n) is 16.4. The summed E-state index contributed by atoms with van der Waals surface area (Å²) in [6, 6.07) is 10.4. The molecule has 0 bridgehead atoms. The third kappa shape index (κ3) is 5.94. The highest BCUT2D eigenvalue weighted by atomic mass is 16.5. The summed E-state index contributed by atoms with van der Waals surface area (Å²) in [4.78, 5) is 8.81. The van der Waals surface area contributed by atoms with E-state index in [-0.39, 0.29) is 0 Å². The van der Waals surface area contributed by atoms with Gasteiger partial charge >= 0.3 is 0 Å². The second-order valence-electron chi connectivity index (χ2n) is 6.39. The maximum absolute atomic E-state index is 5.12. The van der Waals surface area contributed by atoms with Crippen LogP contribution in [0.4, 0.5) is 0 Å². The predicted molar refractivity (Wildman–Crippen MR) is 109 cm³/mol. The highest BCUT2D eigenvalue weighted by Crippen LogP contribution is 2.08. The smallest absolute Gasteiger partial charge is 0.226 e. The number of rotatable bonds is 9. The molecule has 28 heavy (non-hydrogen) atoms. The van der Waals surface area contributed by atoms with Crippen molar-refractivity contribution < 1.29 is 4.52 Å². The molecule has 0 saturated carbocycles. The Morgan fingerprint density at radius 3 is 2.71 bits per heavy atom. The lowest BCUT2D eigenvalue weighted by molar-refractivity contribution is 0.372. The van der Waals surface area contributed by atoms with Crippen LogP contribution in [0.15, 0.2) is 52.2 Å². The quantitative estimate of drug-likeness (QED) is 0.336. The molecule has 0 amide bonds. The fourth-order valence-corrected chi connectivity index (χ4v) is 2.77. The Morgan fingerprint density at radius 2 is 2.04 bits per heavy atom. The molecule has 3 rings (SSSR count). The molecular formula is C20H27N7O. The summed E-state index contributed by atoms with van der Waals surface area (Å²) >= 11 is 0. The predicted octanol–water partition coefficient (Wildman–Crippen LogP) is 2.29. The third-order valence-electron chi connectivity index (χ3n) is 4.14. The lowest BCUT2D eigenvalue weighted by atomic mass is 10.1. The van der Waals surface area contributed by atoms with E-state index in [2.05, 4.69) is 62.1 Å². The van der Waals surface area contributed by atoms with Gasteiger partial charge in [0.05, 0.1) is 5.69 Å². The van der Waals surface area contributed by atoms with E-state index in [9.17, 15) is 0 Å². The fraction of sp³-hybridized carbons (Fsp3) is 0.400. The highest BCUT2D eigenvalue weighted by Gasteiger charge is 2.03. The number of aliphatic imine (C=N–C) groups is 1. The average Bonchev–Trinajstić information content (AvgIpc) is 3.38. The van der Waals surface area contributed by atoms with Gasteiger partial charge in [0.1, 0.15) is 0 Å². The van der Waals surface area contributed by atoms with Crippen molar-refractivity contribution in [1.29, 1.82) is 0 Å². The first-order valence-corrected chi connectivity index (χ1v) is 9.65. The Labute approximate surface area is 165 Å². The van der Waals surface area contributed by atoms with Gasteiger partial charge in [-0.3, -0.25) is 4.99 Å². The molecule has 2 heterocycles. The molecule has 0 aliphatic heterocycles. The average molecular weight is 381 g/mol. The highest BCUT2D eigenvalue weighted by molar-refractivity contribution is 5.79. The van der Waals surface area contributed by atoms with Crippen LogP contribution in [0.5, 0.6) is 0 Å². The van der Waals surface area contributed by atoms with E-state index < -0.39 is 0 Å². The van der Waals surface area contributed by atoms with Crippen LogP contribution in [-0.4, -0.2) is 45.5 Å². The van der Waals surface area contributed by atoms with Crippen molar-refractivity contribution >= 4 is 5.96 Å². The monoisotopic (exact) mass is 381 g/mol. The summed E-state index contributed by atoms with van der Waals surface area (Å²) in [7, 11) is 0. The second kappa shape index (κ2) is 10.2. The van der Waals surface area contributed by atoms with Gasteiger partial charge in [-0.1, -0.05) is 17.3 Å². The number of guanidine groups is 1. The number of hydrogen-bond donors (Lipinski definition) is 2. The van der Waals surface area contributed by atoms with Crippen molar-refractivity contribution in [2.45, 2.75) is 33.1 Å². The van der Waals surface area contributed by atoms with E-state index in [0.717, 1.165) is 44.0 Å². The molecule has 0 radical (unpaired) electrons. The van der Waals surface area contributed by atoms with Crippen LogP contribution in [0.3, 0.4) is 0 Å². The number of aryl methyl sites for hydroxylation is 2. The van der Waals surface area contributed by atoms with Crippen LogP contribution in [0.1, 0.15) is 30.6 Å². The van der Waals surface area contributed by atoms with Gasteiger partial charge in [-0.15, -0.1) is 0 Å². The Kier molecular flexibility index (Phi) is 7.17. The Hall–Kier alpha value is -3.16. The van der Waals surface area contributed by atoms with Crippen LogP contribution in [0.25, 0.3) is 5.69 Å². The lowest BCUT2D eigenvalue weighted by Crippen LogP contribution is -2.38. The van der Waals surface area contributed by atoms with Gasteiger partial charge in [0.25, 0.3) is 0 Å². The molecule has 1 aromatic carbocycles. The summed E-state index contributed by atoms with van der Waals surface area (Å²) in [5.74, 6) is 2.17. The van der Waals surface area contributed by atoms with Crippen LogP contribution in [0.2, 0.25) is 0 Å². The Morgan fingerprint density at radius 1 is 1.18 bits per heavy atom. The van der Waals surface area contributed by atoms with Crippen molar-refractivity contribution in [3.05, 3.63) is 60.0 Å². The van der Waals surface area contributed by atoms with Crippen molar-refractivity contribution in [1.82, 2.24) is 30.6 Å². The fourth-order valence-electron chi connectivity index (χ4n) is 2.77. The second-order valence-corrected chi connectivity index (χ2v) is 6.39. The summed E-state index contributed by atoms with van der Waals surface area (Å²) in [5, 5.41) is 14.7. The van der Waals surface area contributed by atoms with E-state index in [1.165, 1.54) is 5.56 Å². The number of hydrogen-bond acceptors (Lipinski definition) is 5. The topological polar surface area (TPSA) is 93.2 Å². The van der Waals surface area contributed by atoms with E-state index >= 15 is 0 Å². The zero-order valence-corrected chi connectivity index (χ0v) is 16.4. The Bertz CT molecular complexity index is 853. The maximum Gasteiger partial charge on any atom is 0.226 e. The maximum atomic E-state index is 5.12. The first kappa shape index (κ1) is 19.6. The van der Waals surface area contributed by atoms with Crippen LogP contribution in [0, 0.1) is 6.92 Å². The normalized spacial score (nSPS) is 11.6. The van der Waals surface area contributed by atoms with Crippen LogP contribution >= 0.6 is 0 Å².